The molecule has 0 aromatic carbocycles. The van der Waals surface area contributed by atoms with Gasteiger partial charge >= 0.3 is 5.97 Å². The summed E-state index contributed by atoms with van der Waals surface area (Å²) in [5.74, 6) is -0.173. The maximum atomic E-state index is 12.5. The van der Waals surface area contributed by atoms with E-state index in [2.05, 4.69) is 15.5 Å². The van der Waals surface area contributed by atoms with Gasteiger partial charge in [0.1, 0.15) is 0 Å². The van der Waals surface area contributed by atoms with Crippen molar-refractivity contribution in [3.05, 3.63) is 16.4 Å². The summed E-state index contributed by atoms with van der Waals surface area (Å²) in [7, 11) is 1.39. The van der Waals surface area contributed by atoms with Crippen LogP contribution in [0.2, 0.25) is 5.02 Å². The lowest BCUT2D eigenvalue weighted by Crippen LogP contribution is -2.47. The standard InChI is InChI=1S/C15H20ClN3O3/c1-3-9-11(16)13(19-18-9)14(20)17-12-8-5-4-7(6-8)10(12)15(21)22-2/h7-8,10,12H,3-6H2,1-2H3,(H,17,20)(H,18,19). The zero-order valence-corrected chi connectivity index (χ0v) is 13.4. The summed E-state index contributed by atoms with van der Waals surface area (Å²) in [6.45, 7) is 1.93. The fourth-order valence-corrected chi connectivity index (χ4v) is 4.25. The van der Waals surface area contributed by atoms with E-state index in [0.717, 1.165) is 25.0 Å². The van der Waals surface area contributed by atoms with Crippen molar-refractivity contribution in [1.82, 2.24) is 15.5 Å². The van der Waals surface area contributed by atoms with Crippen molar-refractivity contribution in [3.63, 3.8) is 0 Å². The van der Waals surface area contributed by atoms with Gasteiger partial charge in [0.15, 0.2) is 5.69 Å². The topological polar surface area (TPSA) is 84.1 Å². The van der Waals surface area contributed by atoms with Crippen molar-refractivity contribution >= 4 is 23.5 Å². The van der Waals surface area contributed by atoms with Crippen LogP contribution in [0.25, 0.3) is 0 Å². The molecule has 2 aliphatic rings. The number of nitrogens with zero attached hydrogens (tertiary/aromatic N) is 1. The molecule has 1 aromatic heterocycles. The highest BCUT2D eigenvalue weighted by molar-refractivity contribution is 6.34. The van der Waals surface area contributed by atoms with Crippen LogP contribution in [0.3, 0.4) is 0 Å². The van der Waals surface area contributed by atoms with Crippen molar-refractivity contribution in [2.45, 2.75) is 38.6 Å². The van der Waals surface area contributed by atoms with Gasteiger partial charge in [-0.2, -0.15) is 5.10 Å². The van der Waals surface area contributed by atoms with Gasteiger partial charge in [0, 0.05) is 6.04 Å². The predicted octanol–water partition coefficient (Wildman–Crippen LogP) is 1.94. The van der Waals surface area contributed by atoms with E-state index in [4.69, 9.17) is 16.3 Å². The number of ether oxygens (including phenoxy) is 1. The first kappa shape index (κ1) is 15.3. The molecule has 1 heterocycles. The monoisotopic (exact) mass is 325 g/mol. The Morgan fingerprint density at radius 1 is 1.41 bits per heavy atom. The Morgan fingerprint density at radius 3 is 2.77 bits per heavy atom. The number of fused-ring (bicyclic) bond motifs is 2. The SMILES string of the molecule is CCc1[nH]nc(C(=O)NC2C3CCC(C3)C2C(=O)OC)c1Cl. The van der Waals surface area contributed by atoms with Crippen molar-refractivity contribution < 1.29 is 14.3 Å². The van der Waals surface area contributed by atoms with Crippen LogP contribution in [0, 0.1) is 17.8 Å². The number of methoxy groups -OCH3 is 1. The molecule has 0 aliphatic heterocycles. The van der Waals surface area contributed by atoms with Gasteiger partial charge in [-0.25, -0.2) is 0 Å². The van der Waals surface area contributed by atoms with Gasteiger partial charge in [-0.3, -0.25) is 14.7 Å². The lowest BCUT2D eigenvalue weighted by Gasteiger charge is -2.29. The minimum atomic E-state index is -0.326. The summed E-state index contributed by atoms with van der Waals surface area (Å²) in [6.07, 6.45) is 3.72. The second-order valence-corrected chi connectivity index (χ2v) is 6.48. The molecule has 6 nitrogen and oxygen atoms in total. The molecular formula is C15H20ClN3O3. The molecule has 120 valence electrons. The molecule has 0 spiro atoms. The Hall–Kier alpha value is -1.56. The van der Waals surface area contributed by atoms with Gasteiger partial charge in [-0.1, -0.05) is 18.5 Å². The molecule has 0 saturated heterocycles. The zero-order valence-electron chi connectivity index (χ0n) is 12.7. The third kappa shape index (κ3) is 2.39. The van der Waals surface area contributed by atoms with E-state index in [1.165, 1.54) is 7.11 Å². The molecule has 2 aliphatic carbocycles. The second-order valence-electron chi connectivity index (χ2n) is 6.10. The number of amides is 1. The highest BCUT2D eigenvalue weighted by Crippen LogP contribution is 2.49. The average molecular weight is 326 g/mol. The third-order valence-electron chi connectivity index (χ3n) is 5.03. The number of hydrogen-bond donors (Lipinski definition) is 2. The number of H-pyrrole nitrogens is 1. The van der Waals surface area contributed by atoms with Gasteiger partial charge in [-0.15, -0.1) is 0 Å². The van der Waals surface area contributed by atoms with Crippen LogP contribution in [0.5, 0.6) is 0 Å². The van der Waals surface area contributed by atoms with E-state index in [9.17, 15) is 9.59 Å². The Labute approximate surface area is 133 Å². The van der Waals surface area contributed by atoms with E-state index in [0.29, 0.717) is 23.3 Å². The van der Waals surface area contributed by atoms with Crippen LogP contribution in [0.4, 0.5) is 0 Å². The summed E-state index contributed by atoms with van der Waals surface area (Å²) >= 11 is 6.16. The van der Waals surface area contributed by atoms with Crippen molar-refractivity contribution in [2.24, 2.45) is 17.8 Å². The summed E-state index contributed by atoms with van der Waals surface area (Å²) in [5.41, 5.74) is 0.939. The molecule has 22 heavy (non-hydrogen) atoms. The highest BCUT2D eigenvalue weighted by atomic mass is 35.5. The minimum Gasteiger partial charge on any atom is -0.469 e. The van der Waals surface area contributed by atoms with Gasteiger partial charge < -0.3 is 10.1 Å². The van der Waals surface area contributed by atoms with Gasteiger partial charge in [0.2, 0.25) is 0 Å². The van der Waals surface area contributed by atoms with E-state index in [1.54, 1.807) is 0 Å². The number of aromatic amines is 1. The average Bonchev–Trinajstić information content (AvgIpc) is 3.20. The number of aromatic nitrogens is 2. The maximum absolute atomic E-state index is 12.5. The molecule has 2 N–H and O–H groups in total. The fourth-order valence-electron chi connectivity index (χ4n) is 3.94. The quantitative estimate of drug-likeness (QED) is 0.829. The molecule has 2 fully saturated rings. The summed E-state index contributed by atoms with van der Waals surface area (Å²) in [6, 6.07) is -0.184. The number of esters is 1. The number of carbonyl (C=O) groups is 2. The van der Waals surface area contributed by atoms with Crippen molar-refractivity contribution in [3.8, 4) is 0 Å². The van der Waals surface area contributed by atoms with Gasteiger partial charge in [0.25, 0.3) is 5.91 Å². The molecule has 2 saturated carbocycles. The molecule has 0 radical (unpaired) electrons. The Balaban J connectivity index is 1.77. The molecule has 3 rings (SSSR count). The first-order valence-electron chi connectivity index (χ1n) is 7.68. The number of halogens is 1. The molecule has 7 heteroatoms. The first-order valence-corrected chi connectivity index (χ1v) is 8.06. The number of carbonyl (C=O) groups excluding carboxylic acids is 2. The summed E-state index contributed by atoms with van der Waals surface area (Å²) < 4.78 is 4.91. The Bertz CT molecular complexity index is 601. The van der Waals surface area contributed by atoms with Crippen LogP contribution < -0.4 is 5.32 Å². The zero-order chi connectivity index (χ0) is 15.9. The number of nitrogens with one attached hydrogen (secondary N) is 2. The van der Waals surface area contributed by atoms with Crippen LogP contribution in [0.15, 0.2) is 0 Å². The predicted molar refractivity (Wildman–Crippen MR) is 80.6 cm³/mol. The highest BCUT2D eigenvalue weighted by Gasteiger charge is 2.52. The van der Waals surface area contributed by atoms with Gasteiger partial charge in [-0.05, 0) is 37.5 Å². The number of rotatable bonds is 4. The Kier molecular flexibility index (Phi) is 4.12. The van der Waals surface area contributed by atoms with Crippen LogP contribution >= 0.6 is 11.6 Å². The van der Waals surface area contributed by atoms with Crippen molar-refractivity contribution in [2.75, 3.05) is 7.11 Å². The molecule has 4 atom stereocenters. The lowest BCUT2D eigenvalue weighted by molar-refractivity contribution is -0.148. The van der Waals surface area contributed by atoms with Crippen LogP contribution in [0.1, 0.15) is 42.4 Å². The summed E-state index contributed by atoms with van der Waals surface area (Å²) in [5, 5.41) is 10.1. The molecule has 1 aromatic rings. The first-order chi connectivity index (χ1) is 10.6. The normalized spacial score (nSPS) is 29.6. The summed E-state index contributed by atoms with van der Waals surface area (Å²) in [4.78, 5) is 24.5. The van der Waals surface area contributed by atoms with E-state index in [-0.39, 0.29) is 29.5 Å². The molecule has 4 unspecified atom stereocenters. The number of hydrogen-bond acceptors (Lipinski definition) is 4. The smallest absolute Gasteiger partial charge is 0.311 e. The fraction of sp³-hybridized carbons (Fsp3) is 0.667. The largest absolute Gasteiger partial charge is 0.469 e. The lowest BCUT2D eigenvalue weighted by atomic mass is 9.84. The van der Waals surface area contributed by atoms with E-state index < -0.39 is 0 Å². The molecule has 1 amide bonds. The van der Waals surface area contributed by atoms with Gasteiger partial charge in [0.05, 0.1) is 23.7 Å². The molecule has 2 bridgehead atoms. The minimum absolute atomic E-state index is 0.184. The maximum Gasteiger partial charge on any atom is 0.311 e. The van der Waals surface area contributed by atoms with Crippen LogP contribution in [-0.2, 0) is 16.0 Å². The van der Waals surface area contributed by atoms with Crippen molar-refractivity contribution in [1.29, 1.82) is 0 Å². The van der Waals surface area contributed by atoms with Crippen LogP contribution in [-0.4, -0.2) is 35.2 Å². The number of aryl methyl sites for hydroxylation is 1. The molecular weight excluding hydrogens is 306 g/mol. The second kappa shape index (κ2) is 5.91. The third-order valence-corrected chi connectivity index (χ3v) is 5.44. The van der Waals surface area contributed by atoms with E-state index >= 15 is 0 Å². The van der Waals surface area contributed by atoms with E-state index in [1.807, 2.05) is 6.92 Å². The Morgan fingerprint density at radius 2 is 2.14 bits per heavy atom.